The van der Waals surface area contributed by atoms with Crippen LogP contribution in [0.4, 0.5) is 0 Å². The molecule has 1 atom stereocenters. The molecule has 1 unspecified atom stereocenters. The summed E-state index contributed by atoms with van der Waals surface area (Å²) in [4.78, 5) is 0. The van der Waals surface area contributed by atoms with Crippen LogP contribution in [0.1, 0.15) is 52.4 Å². The van der Waals surface area contributed by atoms with Crippen LogP contribution in [0.3, 0.4) is 0 Å². The first kappa shape index (κ1) is 12.3. The van der Waals surface area contributed by atoms with E-state index in [1.54, 1.807) is 0 Å². The van der Waals surface area contributed by atoms with Crippen LogP contribution < -0.4 is 0 Å². The molecule has 74 valence electrons. The van der Waals surface area contributed by atoms with Crippen molar-refractivity contribution in [3.8, 4) is 0 Å². The van der Waals surface area contributed by atoms with Gasteiger partial charge in [0.2, 0.25) is 0 Å². The van der Waals surface area contributed by atoms with Gasteiger partial charge >= 0.3 is 0 Å². The Morgan fingerprint density at radius 3 is 2.00 bits per heavy atom. The average molecular weight is 190 g/mol. The highest BCUT2D eigenvalue weighted by Crippen LogP contribution is 2.04. The third kappa shape index (κ3) is 8.41. The van der Waals surface area contributed by atoms with Crippen molar-refractivity contribution in [2.24, 2.45) is 0 Å². The van der Waals surface area contributed by atoms with Crippen molar-refractivity contribution in [1.82, 2.24) is 0 Å². The zero-order valence-electron chi connectivity index (χ0n) is 8.47. The monoisotopic (exact) mass is 190 g/mol. The molecule has 0 aromatic heterocycles. The second kappa shape index (κ2) is 9.40. The third-order valence-electron chi connectivity index (χ3n) is 1.95. The molecule has 0 aliphatic carbocycles. The van der Waals surface area contributed by atoms with Crippen molar-refractivity contribution < 1.29 is 4.55 Å². The lowest BCUT2D eigenvalue weighted by molar-refractivity contribution is 0.585. The second-order valence-corrected chi connectivity index (χ2v) is 4.96. The Hall–Kier alpha value is 0.310. The van der Waals surface area contributed by atoms with Gasteiger partial charge in [-0.05, 0) is 19.3 Å². The summed E-state index contributed by atoms with van der Waals surface area (Å²) in [6, 6.07) is 0. The molecule has 0 radical (unpaired) electrons. The number of unbranched alkanes of at least 4 members (excludes halogenated alkanes) is 4. The van der Waals surface area contributed by atoms with Crippen molar-refractivity contribution in [3.63, 3.8) is 0 Å². The summed E-state index contributed by atoms with van der Waals surface area (Å²) < 4.78 is 11.3. The van der Waals surface area contributed by atoms with E-state index in [4.69, 9.17) is 0 Å². The fourth-order valence-electron chi connectivity index (χ4n) is 1.10. The highest BCUT2D eigenvalue weighted by atomic mass is 32.2. The van der Waals surface area contributed by atoms with Crippen LogP contribution in [0, 0.1) is 0 Å². The molecule has 0 aliphatic rings. The molecular formula is C10H22OS. The molecule has 0 saturated carbocycles. The van der Waals surface area contributed by atoms with Gasteiger partial charge < -0.3 is 4.55 Å². The van der Waals surface area contributed by atoms with E-state index in [9.17, 15) is 4.55 Å². The summed E-state index contributed by atoms with van der Waals surface area (Å²) in [7, 11) is 0. The molecule has 0 amide bonds. The Balaban J connectivity index is 3.02. The van der Waals surface area contributed by atoms with Crippen LogP contribution in [0.2, 0.25) is 0 Å². The van der Waals surface area contributed by atoms with Crippen molar-refractivity contribution in [1.29, 1.82) is 0 Å². The summed E-state index contributed by atoms with van der Waals surface area (Å²) in [5.74, 6) is 1.85. The van der Waals surface area contributed by atoms with Gasteiger partial charge in [0.25, 0.3) is 0 Å². The van der Waals surface area contributed by atoms with Crippen molar-refractivity contribution in [2.45, 2.75) is 52.4 Å². The summed E-state index contributed by atoms with van der Waals surface area (Å²) in [5.41, 5.74) is 0. The molecule has 0 spiro atoms. The standard InChI is InChI=1S/C10H22OS/c1-3-5-7-8-10-12(11)9-6-4-2/h3-10H2,1-2H3. The Morgan fingerprint density at radius 1 is 0.833 bits per heavy atom. The Morgan fingerprint density at radius 2 is 1.42 bits per heavy atom. The number of hydrogen-bond donors (Lipinski definition) is 0. The fraction of sp³-hybridized carbons (Fsp3) is 1.00. The lowest BCUT2D eigenvalue weighted by Crippen LogP contribution is -2.10. The van der Waals surface area contributed by atoms with E-state index in [1.165, 1.54) is 25.7 Å². The van der Waals surface area contributed by atoms with Crippen LogP contribution in [0.5, 0.6) is 0 Å². The van der Waals surface area contributed by atoms with Crippen molar-refractivity contribution >= 4 is 11.2 Å². The van der Waals surface area contributed by atoms with Gasteiger partial charge in [0.1, 0.15) is 11.5 Å². The largest absolute Gasteiger partial charge is 0.616 e. The Bertz CT molecular complexity index is 85.9. The molecule has 0 aliphatic heterocycles. The maximum Gasteiger partial charge on any atom is 0.105 e. The van der Waals surface area contributed by atoms with Gasteiger partial charge in [-0.15, -0.1) is 0 Å². The van der Waals surface area contributed by atoms with Crippen LogP contribution in [-0.2, 0) is 11.2 Å². The molecule has 12 heavy (non-hydrogen) atoms. The van der Waals surface area contributed by atoms with E-state index < -0.39 is 11.2 Å². The molecule has 1 nitrogen and oxygen atoms in total. The normalized spacial score (nSPS) is 13.2. The summed E-state index contributed by atoms with van der Waals surface area (Å²) in [6.45, 7) is 4.35. The topological polar surface area (TPSA) is 23.1 Å². The SMILES string of the molecule is CCCCCC[S+]([O-])CCCC. The summed E-state index contributed by atoms with van der Waals surface area (Å²) in [5, 5.41) is 0. The number of hydrogen-bond acceptors (Lipinski definition) is 1. The van der Waals surface area contributed by atoms with Crippen LogP contribution >= 0.6 is 0 Å². The first-order valence-corrected chi connectivity index (χ1v) is 6.65. The van der Waals surface area contributed by atoms with Crippen LogP contribution in [0.25, 0.3) is 0 Å². The van der Waals surface area contributed by atoms with Gasteiger partial charge in [-0.2, -0.15) is 0 Å². The van der Waals surface area contributed by atoms with E-state index in [-0.39, 0.29) is 0 Å². The van der Waals surface area contributed by atoms with Crippen molar-refractivity contribution in [2.75, 3.05) is 11.5 Å². The average Bonchev–Trinajstić information content (AvgIpc) is 2.09. The fourth-order valence-corrected chi connectivity index (χ4v) is 2.44. The molecule has 0 aromatic rings. The molecule has 0 heterocycles. The highest BCUT2D eigenvalue weighted by Gasteiger charge is 2.03. The second-order valence-electron chi connectivity index (χ2n) is 3.26. The molecule has 2 heteroatoms. The van der Waals surface area contributed by atoms with Crippen LogP contribution in [0.15, 0.2) is 0 Å². The quantitative estimate of drug-likeness (QED) is 0.426. The van der Waals surface area contributed by atoms with Gasteiger partial charge in [-0.25, -0.2) is 0 Å². The van der Waals surface area contributed by atoms with Gasteiger partial charge in [-0.3, -0.25) is 0 Å². The van der Waals surface area contributed by atoms with Crippen LogP contribution in [-0.4, -0.2) is 16.1 Å². The van der Waals surface area contributed by atoms with Gasteiger partial charge in [0.15, 0.2) is 0 Å². The zero-order chi connectivity index (χ0) is 9.23. The predicted molar refractivity (Wildman–Crippen MR) is 56.9 cm³/mol. The maximum absolute atomic E-state index is 11.3. The third-order valence-corrected chi connectivity index (χ3v) is 3.44. The van der Waals surface area contributed by atoms with E-state index >= 15 is 0 Å². The smallest absolute Gasteiger partial charge is 0.105 e. The van der Waals surface area contributed by atoms with E-state index in [0.717, 1.165) is 24.3 Å². The summed E-state index contributed by atoms with van der Waals surface area (Å²) in [6.07, 6.45) is 7.27. The van der Waals surface area contributed by atoms with E-state index in [2.05, 4.69) is 13.8 Å². The van der Waals surface area contributed by atoms with E-state index in [0.29, 0.717) is 0 Å². The zero-order valence-corrected chi connectivity index (χ0v) is 9.29. The van der Waals surface area contributed by atoms with E-state index in [1.807, 2.05) is 0 Å². The predicted octanol–water partition coefficient (Wildman–Crippen LogP) is 3.12. The lowest BCUT2D eigenvalue weighted by Gasteiger charge is -2.09. The maximum atomic E-state index is 11.3. The first-order valence-electron chi connectivity index (χ1n) is 5.16. The van der Waals surface area contributed by atoms with Crippen molar-refractivity contribution in [3.05, 3.63) is 0 Å². The van der Waals surface area contributed by atoms with Gasteiger partial charge in [0, 0.05) is 0 Å². The van der Waals surface area contributed by atoms with Gasteiger partial charge in [-0.1, -0.05) is 44.3 Å². The molecule has 0 N–H and O–H groups in total. The molecule has 0 fully saturated rings. The molecular weight excluding hydrogens is 168 g/mol. The minimum Gasteiger partial charge on any atom is -0.616 e. The molecule has 0 saturated heterocycles. The summed E-state index contributed by atoms with van der Waals surface area (Å²) >= 11 is -0.523. The number of rotatable bonds is 8. The highest BCUT2D eigenvalue weighted by molar-refractivity contribution is 7.91. The minimum atomic E-state index is -0.523. The molecule has 0 bridgehead atoms. The Labute approximate surface area is 80.1 Å². The Kier molecular flexibility index (Phi) is 9.64. The van der Waals surface area contributed by atoms with Gasteiger partial charge in [0.05, 0.1) is 0 Å². The lowest BCUT2D eigenvalue weighted by atomic mass is 10.2. The minimum absolute atomic E-state index is 0.523. The molecule has 0 rings (SSSR count). The first-order chi connectivity index (χ1) is 5.81. The molecule has 0 aromatic carbocycles.